The molecular formula is C58H112O10. The largest absolute Gasteiger partial charge is 0.481 e. The van der Waals surface area contributed by atoms with Crippen LogP contribution in [0, 0.1) is 0 Å². The summed E-state index contributed by atoms with van der Waals surface area (Å²) < 4.78 is 0. The minimum atomic E-state index is -0.831. The van der Waals surface area contributed by atoms with Crippen molar-refractivity contribution in [2.45, 2.75) is 329 Å². The first-order valence-corrected chi connectivity index (χ1v) is 28.7. The van der Waals surface area contributed by atoms with Crippen molar-refractivity contribution in [2.75, 3.05) is 0 Å². The van der Waals surface area contributed by atoms with Gasteiger partial charge in [-0.05, 0) is 38.5 Å². The van der Waals surface area contributed by atoms with Gasteiger partial charge in [0.05, 0.1) is 0 Å². The molecule has 0 spiro atoms. The first kappa shape index (κ1) is 71.6. The van der Waals surface area contributed by atoms with E-state index in [1.54, 1.807) is 6.08 Å². The Hall–Kier alpha value is -2.91. The lowest BCUT2D eigenvalue weighted by atomic mass is 10.0. The summed E-state index contributed by atoms with van der Waals surface area (Å²) in [6, 6.07) is 0. The van der Waals surface area contributed by atoms with Crippen LogP contribution in [0.2, 0.25) is 0 Å². The van der Waals surface area contributed by atoms with Gasteiger partial charge >= 0.3 is 29.8 Å². The fourth-order valence-electron chi connectivity index (χ4n) is 7.96. The summed E-state index contributed by atoms with van der Waals surface area (Å²) in [6.45, 7) is 6.64. The summed E-state index contributed by atoms with van der Waals surface area (Å²) in [7, 11) is 0. The summed E-state index contributed by atoms with van der Waals surface area (Å²) in [5.41, 5.74) is 0. The number of allylic oxidation sites excluding steroid dienone is 1. The van der Waals surface area contributed by atoms with Gasteiger partial charge in [-0.15, -0.1) is 0 Å². The monoisotopic (exact) mass is 969 g/mol. The lowest BCUT2D eigenvalue weighted by Gasteiger charge is -2.03. The molecule has 404 valence electrons. The van der Waals surface area contributed by atoms with Crippen LogP contribution in [0.1, 0.15) is 329 Å². The molecule has 0 aliphatic rings. The van der Waals surface area contributed by atoms with Crippen molar-refractivity contribution in [1.29, 1.82) is 0 Å². The van der Waals surface area contributed by atoms with Crippen LogP contribution in [0.25, 0.3) is 0 Å². The zero-order valence-electron chi connectivity index (χ0n) is 44.9. The molecular weight excluding hydrogens is 857 g/mol. The fourth-order valence-corrected chi connectivity index (χ4v) is 7.96. The van der Waals surface area contributed by atoms with Crippen LogP contribution in [0.5, 0.6) is 0 Å². The topological polar surface area (TPSA) is 186 Å². The van der Waals surface area contributed by atoms with Gasteiger partial charge in [-0.25, -0.2) is 4.79 Å². The highest BCUT2D eigenvalue weighted by atomic mass is 16.4. The molecule has 0 radical (unpaired) electrons. The van der Waals surface area contributed by atoms with Crippen molar-refractivity contribution >= 4 is 29.8 Å². The van der Waals surface area contributed by atoms with Crippen molar-refractivity contribution in [3.63, 3.8) is 0 Å². The Morgan fingerprint density at radius 2 is 0.412 bits per heavy atom. The number of carboxylic acids is 5. The number of carbonyl (C=O) groups is 5. The number of rotatable bonds is 50. The maximum atomic E-state index is 10.3. The molecule has 0 bridgehead atoms. The average Bonchev–Trinajstić information content (AvgIpc) is 3.29. The van der Waals surface area contributed by atoms with E-state index < -0.39 is 29.8 Å². The smallest absolute Gasteiger partial charge is 0.327 e. The molecule has 0 saturated heterocycles. The first-order chi connectivity index (χ1) is 32.9. The van der Waals surface area contributed by atoms with E-state index >= 15 is 0 Å². The highest BCUT2D eigenvalue weighted by molar-refractivity contribution is 5.79. The van der Waals surface area contributed by atoms with Crippen molar-refractivity contribution in [2.24, 2.45) is 0 Å². The first-order valence-electron chi connectivity index (χ1n) is 28.7. The molecule has 0 aromatic rings. The Balaban J connectivity index is -0.000000427. The van der Waals surface area contributed by atoms with Gasteiger partial charge in [-0.2, -0.15) is 0 Å². The molecule has 0 aliphatic heterocycles. The second-order valence-corrected chi connectivity index (χ2v) is 19.2. The van der Waals surface area contributed by atoms with Gasteiger partial charge in [-0.1, -0.05) is 271 Å². The van der Waals surface area contributed by atoms with Gasteiger partial charge in [0.15, 0.2) is 0 Å². The fraction of sp³-hybridized carbons (Fsp3) is 0.879. The number of carboxylic acid groups (broad SMARTS) is 5. The molecule has 0 aliphatic carbocycles. The zero-order chi connectivity index (χ0) is 51.2. The molecule has 0 rings (SSSR count). The van der Waals surface area contributed by atoms with Crippen LogP contribution in [0.3, 0.4) is 0 Å². The normalized spacial score (nSPS) is 10.7. The van der Waals surface area contributed by atoms with E-state index in [1.165, 1.54) is 212 Å². The molecule has 10 heteroatoms. The van der Waals surface area contributed by atoms with E-state index in [9.17, 15) is 24.0 Å². The summed E-state index contributed by atoms with van der Waals surface area (Å²) in [5, 5.41) is 42.1. The van der Waals surface area contributed by atoms with E-state index in [-0.39, 0.29) is 0 Å². The van der Waals surface area contributed by atoms with Crippen LogP contribution in [0.4, 0.5) is 0 Å². The van der Waals surface area contributed by atoms with Crippen molar-refractivity contribution in [3.8, 4) is 0 Å². The molecule has 0 amide bonds. The highest BCUT2D eigenvalue weighted by Gasteiger charge is 2.00. The molecule has 0 saturated carbocycles. The molecule has 0 fully saturated rings. The molecule has 10 nitrogen and oxygen atoms in total. The summed E-state index contributed by atoms with van der Waals surface area (Å²) in [6.07, 6.45) is 59.0. The number of hydrogen-bond acceptors (Lipinski definition) is 5. The third-order valence-corrected chi connectivity index (χ3v) is 12.3. The van der Waals surface area contributed by atoms with Crippen molar-refractivity contribution < 1.29 is 49.5 Å². The Morgan fingerprint density at radius 1 is 0.250 bits per heavy atom. The maximum Gasteiger partial charge on any atom is 0.327 e. The molecule has 5 N–H and O–H groups in total. The number of hydrogen-bond donors (Lipinski definition) is 5. The highest BCUT2D eigenvalue weighted by Crippen LogP contribution is 2.16. The average molecular weight is 970 g/mol. The Bertz CT molecular complexity index is 1020. The Kier molecular flexibility index (Phi) is 69.7. The quantitative estimate of drug-likeness (QED) is 0.0290. The SMILES string of the molecule is CCCCCCCCC(=O)O.CCCCCCCCC(=O)O.CCCCCCCCCCCCCCCCCCCCC=CC(=O)O.O=C(O)CCCCCCCCCCCCCCCC(=O)O. The van der Waals surface area contributed by atoms with Gasteiger partial charge in [-0.3, -0.25) is 19.2 Å². The standard InChI is InChI=1S/C23H44O2.C17H32O4.2C9H18O2/c1-2-3-4-5-6-7-8-9-10-11-12-13-14-15-16-17-18-19-20-21-22-23(24)25;18-16(19)14-12-10-8-6-4-2-1-3-5-7-9-11-13-15-17(20)21;2*1-2-3-4-5-6-7-8-9(10)11/h21-22H,2-20H2,1H3,(H,24,25);1-15H2,(H,18,19)(H,20,21);2*2-8H2,1H3,(H,10,11). The van der Waals surface area contributed by atoms with Crippen LogP contribution >= 0.6 is 0 Å². The van der Waals surface area contributed by atoms with Gasteiger partial charge in [0.25, 0.3) is 0 Å². The van der Waals surface area contributed by atoms with E-state index in [4.69, 9.17) is 25.5 Å². The lowest BCUT2D eigenvalue weighted by Crippen LogP contribution is -1.93. The van der Waals surface area contributed by atoms with Gasteiger partial charge in [0.2, 0.25) is 0 Å². The second-order valence-electron chi connectivity index (χ2n) is 19.2. The van der Waals surface area contributed by atoms with Gasteiger partial charge in [0.1, 0.15) is 0 Å². The predicted molar refractivity (Wildman–Crippen MR) is 286 cm³/mol. The second kappa shape index (κ2) is 66.2. The van der Waals surface area contributed by atoms with Gasteiger partial charge in [0, 0.05) is 31.8 Å². The Labute approximate surface area is 419 Å². The summed E-state index contributed by atoms with van der Waals surface area (Å²) >= 11 is 0. The van der Waals surface area contributed by atoms with Crippen LogP contribution < -0.4 is 0 Å². The van der Waals surface area contributed by atoms with E-state index in [0.717, 1.165) is 77.0 Å². The van der Waals surface area contributed by atoms with Gasteiger partial charge < -0.3 is 25.5 Å². The number of unbranched alkanes of at least 4 members (excludes halogenated alkanes) is 40. The van der Waals surface area contributed by atoms with Crippen molar-refractivity contribution in [1.82, 2.24) is 0 Å². The maximum absolute atomic E-state index is 10.3. The Morgan fingerprint density at radius 3 is 0.574 bits per heavy atom. The number of aliphatic carboxylic acids is 5. The predicted octanol–water partition coefficient (Wildman–Crippen LogP) is 18.7. The third kappa shape index (κ3) is 86.3. The minimum absolute atomic E-state index is 0.312. The summed E-state index contributed by atoms with van der Waals surface area (Å²) in [5.74, 6) is -3.53. The van der Waals surface area contributed by atoms with Crippen molar-refractivity contribution in [3.05, 3.63) is 12.2 Å². The molecule has 0 aromatic heterocycles. The third-order valence-electron chi connectivity index (χ3n) is 12.3. The molecule has 0 aromatic carbocycles. The van der Waals surface area contributed by atoms with E-state index in [1.807, 2.05) is 0 Å². The summed E-state index contributed by atoms with van der Waals surface area (Å²) in [4.78, 5) is 51.1. The van der Waals surface area contributed by atoms with E-state index in [2.05, 4.69) is 20.8 Å². The van der Waals surface area contributed by atoms with Crippen LogP contribution in [-0.2, 0) is 24.0 Å². The van der Waals surface area contributed by atoms with Crippen LogP contribution in [0.15, 0.2) is 12.2 Å². The molecule has 0 atom stereocenters. The molecule has 0 unspecified atom stereocenters. The minimum Gasteiger partial charge on any atom is -0.481 e. The molecule has 0 heterocycles. The molecule has 68 heavy (non-hydrogen) atoms. The zero-order valence-corrected chi connectivity index (χ0v) is 44.9. The van der Waals surface area contributed by atoms with E-state index in [0.29, 0.717) is 25.7 Å². The van der Waals surface area contributed by atoms with Crippen LogP contribution in [-0.4, -0.2) is 55.4 Å². The lowest BCUT2D eigenvalue weighted by molar-refractivity contribution is -0.138.